The van der Waals surface area contributed by atoms with Crippen LogP contribution in [-0.2, 0) is 0 Å². The average molecular weight is 223 g/mol. The van der Waals surface area contributed by atoms with E-state index in [1.165, 1.54) is 0 Å². The lowest BCUT2D eigenvalue weighted by Gasteiger charge is -1.85. The summed E-state index contributed by atoms with van der Waals surface area (Å²) in [5, 5.41) is 8.46. The maximum Gasteiger partial charge on any atom is 0.348 e. The molecule has 0 aliphatic heterocycles. The van der Waals surface area contributed by atoms with Gasteiger partial charge in [-0.25, -0.2) is 4.79 Å². The van der Waals surface area contributed by atoms with Gasteiger partial charge in [0, 0.05) is 0 Å². The quantitative estimate of drug-likeness (QED) is 0.749. The Morgan fingerprint density at radius 1 is 1.80 bits per heavy atom. The molecule has 6 heteroatoms. The van der Waals surface area contributed by atoms with Crippen LogP contribution < -0.4 is 5.73 Å². The smallest absolute Gasteiger partial charge is 0.348 e. The molecule has 10 heavy (non-hydrogen) atoms. The first kappa shape index (κ1) is 7.49. The third-order valence-corrected chi connectivity index (χ3v) is 2.77. The van der Waals surface area contributed by atoms with Gasteiger partial charge >= 0.3 is 5.97 Å². The molecule has 0 atom stereocenters. The van der Waals surface area contributed by atoms with E-state index >= 15 is 0 Å². The van der Waals surface area contributed by atoms with Crippen molar-refractivity contribution in [2.75, 3.05) is 5.73 Å². The van der Waals surface area contributed by atoms with Crippen LogP contribution in [0.2, 0.25) is 0 Å². The molecule has 4 nitrogen and oxygen atoms in total. The first-order chi connectivity index (χ1) is 4.63. The standard InChI is InChI=1S/C4H3BrN2O2S/c5-1-2(4(8)9)10-7-3(1)6/h(H2,6,7)(H,8,9). The average Bonchev–Trinajstić information content (AvgIpc) is 2.14. The van der Waals surface area contributed by atoms with Gasteiger partial charge in [0.2, 0.25) is 0 Å². The Morgan fingerprint density at radius 2 is 2.40 bits per heavy atom. The van der Waals surface area contributed by atoms with E-state index in [-0.39, 0.29) is 10.7 Å². The zero-order chi connectivity index (χ0) is 7.72. The van der Waals surface area contributed by atoms with Crippen molar-refractivity contribution in [3.63, 3.8) is 0 Å². The van der Waals surface area contributed by atoms with E-state index in [0.29, 0.717) is 4.47 Å². The molecule has 0 spiro atoms. The number of carboxylic acids is 1. The summed E-state index contributed by atoms with van der Waals surface area (Å²) in [6, 6.07) is 0. The van der Waals surface area contributed by atoms with E-state index < -0.39 is 5.97 Å². The van der Waals surface area contributed by atoms with Crippen LogP contribution in [0.3, 0.4) is 0 Å². The van der Waals surface area contributed by atoms with E-state index in [1.807, 2.05) is 0 Å². The van der Waals surface area contributed by atoms with Gasteiger partial charge in [-0.05, 0) is 27.5 Å². The first-order valence-electron chi connectivity index (χ1n) is 2.27. The van der Waals surface area contributed by atoms with Gasteiger partial charge in [0.05, 0.1) is 4.47 Å². The van der Waals surface area contributed by atoms with Gasteiger partial charge in [0.25, 0.3) is 0 Å². The summed E-state index contributed by atoms with van der Waals surface area (Å²) in [6.07, 6.45) is 0. The van der Waals surface area contributed by atoms with Crippen LogP contribution in [0.1, 0.15) is 9.67 Å². The van der Waals surface area contributed by atoms with Crippen LogP contribution in [0.5, 0.6) is 0 Å². The van der Waals surface area contributed by atoms with Crippen molar-refractivity contribution in [3.8, 4) is 0 Å². The minimum absolute atomic E-state index is 0.137. The molecule has 54 valence electrons. The highest BCUT2D eigenvalue weighted by atomic mass is 79.9. The van der Waals surface area contributed by atoms with Crippen molar-refractivity contribution >= 4 is 39.2 Å². The maximum absolute atomic E-state index is 10.3. The second-order valence-electron chi connectivity index (χ2n) is 1.52. The van der Waals surface area contributed by atoms with Crippen LogP contribution in [0, 0.1) is 0 Å². The molecule has 1 heterocycles. The van der Waals surface area contributed by atoms with E-state index in [9.17, 15) is 4.79 Å². The molecule has 0 aromatic carbocycles. The molecule has 0 amide bonds. The molecular formula is C4H3BrN2O2S. The highest BCUT2D eigenvalue weighted by Crippen LogP contribution is 2.26. The second-order valence-corrected chi connectivity index (χ2v) is 3.08. The molecule has 1 aromatic heterocycles. The highest BCUT2D eigenvalue weighted by molar-refractivity contribution is 9.10. The van der Waals surface area contributed by atoms with Gasteiger partial charge in [-0.3, -0.25) is 0 Å². The number of aromatic nitrogens is 1. The van der Waals surface area contributed by atoms with Gasteiger partial charge in [0.15, 0.2) is 5.82 Å². The second kappa shape index (κ2) is 2.55. The maximum atomic E-state index is 10.3. The molecule has 0 aliphatic carbocycles. The zero-order valence-electron chi connectivity index (χ0n) is 4.67. The number of nitrogens with two attached hydrogens (primary N) is 1. The molecule has 3 N–H and O–H groups in total. The van der Waals surface area contributed by atoms with E-state index in [4.69, 9.17) is 10.8 Å². The summed E-state index contributed by atoms with van der Waals surface area (Å²) in [5.74, 6) is -0.788. The van der Waals surface area contributed by atoms with Gasteiger partial charge in [-0.15, -0.1) is 0 Å². The van der Waals surface area contributed by atoms with Crippen molar-refractivity contribution in [2.45, 2.75) is 0 Å². The number of hydrogen-bond acceptors (Lipinski definition) is 4. The third-order valence-electron chi connectivity index (χ3n) is 0.854. The molecule has 0 aliphatic rings. The normalized spacial score (nSPS) is 9.70. The summed E-state index contributed by atoms with van der Waals surface area (Å²) in [7, 11) is 0. The Bertz CT molecular complexity index is 272. The van der Waals surface area contributed by atoms with Crippen LogP contribution in [-0.4, -0.2) is 15.4 Å². The van der Waals surface area contributed by atoms with E-state index in [2.05, 4.69) is 20.3 Å². The molecule has 0 bridgehead atoms. The Balaban J connectivity index is 3.17. The monoisotopic (exact) mass is 222 g/mol. The predicted molar refractivity (Wildman–Crippen MR) is 41.2 cm³/mol. The fraction of sp³-hybridized carbons (Fsp3) is 0. The van der Waals surface area contributed by atoms with E-state index in [1.54, 1.807) is 0 Å². The summed E-state index contributed by atoms with van der Waals surface area (Å²) in [6.45, 7) is 0. The van der Waals surface area contributed by atoms with E-state index in [0.717, 1.165) is 11.5 Å². The topological polar surface area (TPSA) is 76.2 Å². The van der Waals surface area contributed by atoms with Crippen LogP contribution in [0.25, 0.3) is 0 Å². The number of hydrogen-bond donors (Lipinski definition) is 2. The van der Waals surface area contributed by atoms with Crippen molar-refractivity contribution in [1.29, 1.82) is 0 Å². The van der Waals surface area contributed by atoms with Crippen LogP contribution >= 0.6 is 27.5 Å². The van der Waals surface area contributed by atoms with Gasteiger partial charge in [0.1, 0.15) is 4.88 Å². The molecule has 0 saturated heterocycles. The molecular weight excluding hydrogens is 220 g/mol. The Hall–Kier alpha value is -0.620. The third kappa shape index (κ3) is 1.12. The number of carboxylic acid groups (broad SMARTS) is 1. The molecule has 0 radical (unpaired) electrons. The number of nitrogens with zero attached hydrogens (tertiary/aromatic N) is 1. The van der Waals surface area contributed by atoms with Crippen molar-refractivity contribution in [1.82, 2.24) is 4.37 Å². The SMILES string of the molecule is Nc1nsc(C(=O)O)c1Br. The lowest BCUT2D eigenvalue weighted by atomic mass is 10.5. The lowest BCUT2D eigenvalue weighted by molar-refractivity contribution is 0.0701. The largest absolute Gasteiger partial charge is 0.477 e. The summed E-state index contributed by atoms with van der Waals surface area (Å²) in [5.41, 5.74) is 5.27. The van der Waals surface area contributed by atoms with Gasteiger partial charge < -0.3 is 10.8 Å². The minimum atomic E-state index is -1.01. The Kier molecular flexibility index (Phi) is 1.91. The number of aromatic carboxylic acids is 1. The minimum Gasteiger partial charge on any atom is -0.477 e. The molecule has 0 saturated carbocycles. The van der Waals surface area contributed by atoms with Crippen molar-refractivity contribution in [3.05, 3.63) is 9.35 Å². The fourth-order valence-corrected chi connectivity index (χ4v) is 1.56. The Labute approximate surface area is 69.0 Å². The molecule has 1 aromatic rings. The Morgan fingerprint density at radius 3 is 2.60 bits per heavy atom. The number of anilines is 1. The lowest BCUT2D eigenvalue weighted by Crippen LogP contribution is -1.93. The summed E-state index contributed by atoms with van der Waals surface area (Å²) in [4.78, 5) is 10.5. The summed E-state index contributed by atoms with van der Waals surface area (Å²) >= 11 is 3.86. The van der Waals surface area contributed by atoms with Crippen molar-refractivity contribution in [2.24, 2.45) is 0 Å². The van der Waals surface area contributed by atoms with Gasteiger partial charge in [-0.1, -0.05) is 0 Å². The van der Waals surface area contributed by atoms with Gasteiger partial charge in [-0.2, -0.15) is 4.37 Å². The number of nitrogen functional groups attached to an aromatic ring is 1. The predicted octanol–water partition coefficient (Wildman–Crippen LogP) is 1.19. The van der Waals surface area contributed by atoms with Crippen LogP contribution in [0.4, 0.5) is 5.82 Å². The first-order valence-corrected chi connectivity index (χ1v) is 3.83. The summed E-state index contributed by atoms with van der Waals surface area (Å²) < 4.78 is 3.99. The number of carbonyl (C=O) groups is 1. The number of rotatable bonds is 1. The molecule has 0 unspecified atom stereocenters. The van der Waals surface area contributed by atoms with Crippen LogP contribution in [0.15, 0.2) is 4.47 Å². The zero-order valence-corrected chi connectivity index (χ0v) is 7.07. The molecule has 1 rings (SSSR count). The van der Waals surface area contributed by atoms with Crippen molar-refractivity contribution < 1.29 is 9.90 Å². The number of halogens is 1. The molecule has 0 fully saturated rings. The fourth-order valence-electron chi connectivity index (χ4n) is 0.424. The highest BCUT2D eigenvalue weighted by Gasteiger charge is 2.14.